The highest BCUT2D eigenvalue weighted by atomic mass is 35.5. The summed E-state index contributed by atoms with van der Waals surface area (Å²) in [4.78, 5) is 11.0. The molecule has 1 saturated heterocycles. The Bertz CT molecular complexity index is 163. The van der Waals surface area contributed by atoms with E-state index in [9.17, 15) is 4.79 Å². The van der Waals surface area contributed by atoms with Gasteiger partial charge in [-0.3, -0.25) is 10.1 Å². The quantitative estimate of drug-likeness (QED) is 0.474. The number of hydrogen-bond donors (Lipinski definition) is 1. The Labute approximate surface area is 71.1 Å². The van der Waals surface area contributed by atoms with E-state index in [4.69, 9.17) is 16.3 Å². The average molecular weight is 178 g/mol. The molecule has 1 N–H and O–H groups in total. The molecule has 0 amide bonds. The van der Waals surface area contributed by atoms with Gasteiger partial charge in [0.15, 0.2) is 5.69 Å². The van der Waals surface area contributed by atoms with Gasteiger partial charge in [-0.05, 0) is 13.8 Å². The lowest BCUT2D eigenvalue weighted by Gasteiger charge is -2.31. The van der Waals surface area contributed by atoms with E-state index in [1.54, 1.807) is 6.92 Å². The van der Waals surface area contributed by atoms with E-state index in [0.29, 0.717) is 6.61 Å². The van der Waals surface area contributed by atoms with Crippen molar-refractivity contribution in [3.05, 3.63) is 0 Å². The van der Waals surface area contributed by atoms with Gasteiger partial charge in [-0.15, -0.1) is 0 Å². The zero-order valence-corrected chi connectivity index (χ0v) is 7.39. The van der Waals surface area contributed by atoms with Gasteiger partial charge in [-0.1, -0.05) is 11.6 Å². The van der Waals surface area contributed by atoms with Crippen molar-refractivity contribution in [2.24, 2.45) is 5.92 Å². The number of Topliss-reactive ketones (excluding diaryl/α,β-unsaturated/α-hetero) is 1. The summed E-state index contributed by atoms with van der Waals surface area (Å²) in [7, 11) is 0. The Morgan fingerprint density at radius 3 is 2.82 bits per heavy atom. The fourth-order valence-electron chi connectivity index (χ4n) is 1.17. The van der Waals surface area contributed by atoms with Crippen molar-refractivity contribution >= 4 is 17.4 Å². The van der Waals surface area contributed by atoms with Crippen LogP contribution in [0.1, 0.15) is 13.8 Å². The second kappa shape index (κ2) is 3.52. The lowest BCUT2D eigenvalue weighted by Crippen LogP contribution is -2.49. The molecule has 0 bridgehead atoms. The summed E-state index contributed by atoms with van der Waals surface area (Å²) in [6.07, 6.45) is 0. The summed E-state index contributed by atoms with van der Waals surface area (Å²) in [5.74, 6) is 0.0959. The summed E-state index contributed by atoms with van der Waals surface area (Å²) in [6.45, 7) is 3.93. The van der Waals surface area contributed by atoms with Crippen molar-refractivity contribution < 1.29 is 9.53 Å². The lowest BCUT2D eigenvalue weighted by atomic mass is 9.97. The van der Waals surface area contributed by atoms with Crippen molar-refractivity contribution in [3.63, 3.8) is 0 Å². The van der Waals surface area contributed by atoms with Gasteiger partial charge >= 0.3 is 0 Å². The highest BCUT2D eigenvalue weighted by molar-refractivity contribution is 6.19. The third-order valence-corrected chi connectivity index (χ3v) is 2.19. The fraction of sp³-hybridized carbons (Fsp3) is 0.857. The van der Waals surface area contributed by atoms with Crippen LogP contribution in [0.2, 0.25) is 0 Å². The van der Waals surface area contributed by atoms with E-state index in [1.165, 1.54) is 0 Å². The smallest absolute Gasteiger partial charge is 0.185 e. The number of carbonyl (C=O) groups is 1. The van der Waals surface area contributed by atoms with Gasteiger partial charge < -0.3 is 4.74 Å². The molecule has 4 heteroatoms. The Balaban J connectivity index is 2.50. The van der Waals surface area contributed by atoms with Crippen LogP contribution in [-0.4, -0.2) is 24.1 Å². The molecule has 0 saturated carbocycles. The standard InChI is InChI=1S/C7H12ClNO2/c1-4-6(5(2)10)3-11-7(8)9-4/h4,6-7,9H,3H2,1-2H3/t4-,6-,7+/m0/s1. The summed E-state index contributed by atoms with van der Waals surface area (Å²) >= 11 is 5.64. The maximum Gasteiger partial charge on any atom is 0.185 e. The second-order valence-electron chi connectivity index (χ2n) is 2.82. The molecule has 0 unspecified atom stereocenters. The van der Waals surface area contributed by atoms with Crippen LogP contribution in [0.3, 0.4) is 0 Å². The number of rotatable bonds is 1. The number of ether oxygens (including phenoxy) is 1. The van der Waals surface area contributed by atoms with E-state index in [2.05, 4.69) is 5.32 Å². The third-order valence-electron chi connectivity index (χ3n) is 1.94. The van der Waals surface area contributed by atoms with E-state index in [0.717, 1.165) is 0 Å². The van der Waals surface area contributed by atoms with Crippen LogP contribution in [-0.2, 0) is 9.53 Å². The van der Waals surface area contributed by atoms with Crippen LogP contribution in [0.4, 0.5) is 0 Å². The molecule has 64 valence electrons. The molecule has 3 atom stereocenters. The van der Waals surface area contributed by atoms with Gasteiger partial charge in [0.2, 0.25) is 0 Å². The van der Waals surface area contributed by atoms with Crippen molar-refractivity contribution in [1.82, 2.24) is 5.32 Å². The van der Waals surface area contributed by atoms with Gasteiger partial charge in [0.1, 0.15) is 5.78 Å². The molecular weight excluding hydrogens is 166 g/mol. The number of halogens is 1. The van der Waals surface area contributed by atoms with Crippen LogP contribution in [0, 0.1) is 5.92 Å². The molecule has 0 aromatic carbocycles. The highest BCUT2D eigenvalue weighted by Crippen LogP contribution is 2.14. The first-order valence-corrected chi connectivity index (χ1v) is 4.07. The number of ketones is 1. The molecule has 11 heavy (non-hydrogen) atoms. The minimum absolute atomic E-state index is 0.0509. The van der Waals surface area contributed by atoms with Crippen molar-refractivity contribution in [2.45, 2.75) is 25.6 Å². The molecule has 0 aromatic heterocycles. The monoisotopic (exact) mass is 177 g/mol. The molecule has 1 heterocycles. The molecular formula is C7H12ClNO2. The summed E-state index contributed by atoms with van der Waals surface area (Å²) in [5, 5.41) is 2.93. The Hall–Kier alpha value is -0.120. The van der Waals surface area contributed by atoms with Crippen LogP contribution < -0.4 is 5.32 Å². The zero-order valence-electron chi connectivity index (χ0n) is 6.63. The van der Waals surface area contributed by atoms with Gasteiger partial charge in [0.05, 0.1) is 12.5 Å². The third kappa shape index (κ3) is 2.15. The predicted octanol–water partition coefficient (Wildman–Crippen LogP) is 0.722. The van der Waals surface area contributed by atoms with Crippen LogP contribution >= 0.6 is 11.6 Å². The molecule has 1 fully saturated rings. The molecule has 1 aliphatic rings. The SMILES string of the molecule is CC(=O)[C@H]1CO[C@H](Cl)N[C@H]1C. The first-order valence-electron chi connectivity index (χ1n) is 3.63. The Morgan fingerprint density at radius 1 is 1.73 bits per heavy atom. The normalized spacial score (nSPS) is 38.6. The first-order chi connectivity index (χ1) is 5.11. The largest absolute Gasteiger partial charge is 0.348 e. The summed E-state index contributed by atoms with van der Waals surface area (Å²) in [6, 6.07) is 0.115. The fourth-order valence-corrected chi connectivity index (χ4v) is 1.44. The van der Waals surface area contributed by atoms with Crippen LogP contribution in [0.15, 0.2) is 0 Å². The van der Waals surface area contributed by atoms with Crippen LogP contribution in [0.25, 0.3) is 0 Å². The van der Waals surface area contributed by atoms with Crippen molar-refractivity contribution in [1.29, 1.82) is 0 Å². The lowest BCUT2D eigenvalue weighted by molar-refractivity contribution is -0.127. The highest BCUT2D eigenvalue weighted by Gasteiger charge is 2.29. The van der Waals surface area contributed by atoms with Gasteiger partial charge in [0.25, 0.3) is 0 Å². The zero-order chi connectivity index (χ0) is 8.43. The maximum absolute atomic E-state index is 11.0. The minimum Gasteiger partial charge on any atom is -0.348 e. The topological polar surface area (TPSA) is 38.3 Å². The number of nitrogens with one attached hydrogen (secondary N) is 1. The second-order valence-corrected chi connectivity index (χ2v) is 3.22. The predicted molar refractivity (Wildman–Crippen MR) is 42.4 cm³/mol. The summed E-state index contributed by atoms with van der Waals surface area (Å²) in [5.41, 5.74) is -0.444. The molecule has 0 spiro atoms. The minimum atomic E-state index is -0.444. The first kappa shape index (κ1) is 8.97. The van der Waals surface area contributed by atoms with Crippen LogP contribution in [0.5, 0.6) is 0 Å². The number of alkyl halides is 1. The van der Waals surface area contributed by atoms with E-state index in [-0.39, 0.29) is 17.7 Å². The average Bonchev–Trinajstić information content (AvgIpc) is 1.85. The molecule has 0 aliphatic carbocycles. The Kier molecular flexibility index (Phi) is 2.87. The number of carbonyl (C=O) groups excluding carboxylic acids is 1. The molecule has 0 aromatic rings. The van der Waals surface area contributed by atoms with E-state index >= 15 is 0 Å². The molecule has 1 aliphatic heterocycles. The molecule has 0 radical (unpaired) electrons. The van der Waals surface area contributed by atoms with Gasteiger partial charge in [-0.25, -0.2) is 0 Å². The maximum atomic E-state index is 11.0. The van der Waals surface area contributed by atoms with E-state index in [1.807, 2.05) is 6.92 Å². The van der Waals surface area contributed by atoms with Gasteiger partial charge in [0, 0.05) is 6.04 Å². The number of hydrogen-bond acceptors (Lipinski definition) is 3. The van der Waals surface area contributed by atoms with Crippen molar-refractivity contribution in [2.75, 3.05) is 6.61 Å². The molecule has 3 nitrogen and oxygen atoms in total. The Morgan fingerprint density at radius 2 is 2.36 bits per heavy atom. The molecule has 1 rings (SSSR count). The van der Waals surface area contributed by atoms with E-state index < -0.39 is 5.69 Å². The van der Waals surface area contributed by atoms with Crippen molar-refractivity contribution in [3.8, 4) is 0 Å². The van der Waals surface area contributed by atoms with Gasteiger partial charge in [-0.2, -0.15) is 0 Å². The summed E-state index contributed by atoms with van der Waals surface area (Å²) < 4.78 is 5.06.